The smallest absolute Gasteiger partial charge is 0.178 e. The minimum atomic E-state index is -0.988. The summed E-state index contributed by atoms with van der Waals surface area (Å²) in [6.07, 6.45) is 3.38. The lowest BCUT2D eigenvalue weighted by molar-refractivity contribution is 0.687. The van der Waals surface area contributed by atoms with E-state index in [1.165, 1.54) is 0 Å². The zero-order chi connectivity index (χ0) is 12.5. The molecule has 18 heavy (non-hydrogen) atoms. The van der Waals surface area contributed by atoms with Crippen molar-refractivity contribution in [3.05, 3.63) is 42.6 Å². The van der Waals surface area contributed by atoms with E-state index in [9.17, 15) is 4.21 Å². The maximum atomic E-state index is 11.5. The van der Waals surface area contributed by atoms with Crippen LogP contribution in [0.15, 0.2) is 47.5 Å². The van der Waals surface area contributed by atoms with Crippen LogP contribution in [0.5, 0.6) is 0 Å². The molecular weight excluding hydrogens is 246 g/mol. The van der Waals surface area contributed by atoms with Gasteiger partial charge >= 0.3 is 0 Å². The van der Waals surface area contributed by atoms with Crippen LogP contribution in [0.2, 0.25) is 0 Å². The summed E-state index contributed by atoms with van der Waals surface area (Å²) in [7, 11) is -0.988. The molecule has 2 heterocycles. The van der Waals surface area contributed by atoms with Gasteiger partial charge in [0.15, 0.2) is 5.65 Å². The molecule has 0 saturated carbocycles. The molecule has 3 aromatic rings. The maximum Gasteiger partial charge on any atom is 0.178 e. The standard InChI is InChI=1S/C13H11N3OS/c1-18(17)10-5-2-4-9(8-10)12-15-11-6-3-7-14-13(11)16-12/h2-8H,1H3,(H,14,15,16). The summed E-state index contributed by atoms with van der Waals surface area (Å²) >= 11 is 0. The quantitative estimate of drug-likeness (QED) is 0.766. The molecule has 4 nitrogen and oxygen atoms in total. The first-order chi connectivity index (χ1) is 8.74. The molecule has 90 valence electrons. The number of aromatic amines is 1. The number of nitrogens with zero attached hydrogens (tertiary/aromatic N) is 2. The third-order valence-corrected chi connectivity index (χ3v) is 3.61. The number of aromatic nitrogens is 3. The molecule has 1 atom stereocenters. The van der Waals surface area contributed by atoms with Crippen LogP contribution in [0.4, 0.5) is 0 Å². The first-order valence-corrected chi connectivity index (χ1v) is 7.04. The molecule has 1 unspecified atom stereocenters. The molecule has 1 aromatic carbocycles. The second-order valence-electron chi connectivity index (χ2n) is 3.94. The van der Waals surface area contributed by atoms with Gasteiger partial charge in [0, 0.05) is 33.7 Å². The van der Waals surface area contributed by atoms with Crippen molar-refractivity contribution in [3.8, 4) is 11.4 Å². The fourth-order valence-electron chi connectivity index (χ4n) is 1.80. The van der Waals surface area contributed by atoms with E-state index in [-0.39, 0.29) is 0 Å². The van der Waals surface area contributed by atoms with Gasteiger partial charge in [0.25, 0.3) is 0 Å². The van der Waals surface area contributed by atoms with Crippen molar-refractivity contribution < 1.29 is 4.21 Å². The lowest BCUT2D eigenvalue weighted by Gasteiger charge is -1.99. The van der Waals surface area contributed by atoms with Crippen molar-refractivity contribution in [1.29, 1.82) is 0 Å². The number of pyridine rings is 1. The van der Waals surface area contributed by atoms with E-state index >= 15 is 0 Å². The van der Waals surface area contributed by atoms with Crippen molar-refractivity contribution in [1.82, 2.24) is 15.0 Å². The highest BCUT2D eigenvalue weighted by Gasteiger charge is 2.07. The molecule has 0 saturated heterocycles. The SMILES string of the molecule is CS(=O)c1cccc(-c2nc3ncccc3[nH]2)c1. The van der Waals surface area contributed by atoms with Crippen LogP contribution in [0.1, 0.15) is 0 Å². The normalized spacial score (nSPS) is 12.7. The molecule has 0 fully saturated rings. The summed E-state index contributed by atoms with van der Waals surface area (Å²) in [6, 6.07) is 11.3. The Kier molecular flexibility index (Phi) is 2.68. The molecule has 0 aliphatic carbocycles. The van der Waals surface area contributed by atoms with E-state index in [2.05, 4.69) is 15.0 Å². The average Bonchev–Trinajstić information content (AvgIpc) is 2.82. The highest BCUT2D eigenvalue weighted by molar-refractivity contribution is 7.84. The summed E-state index contributed by atoms with van der Waals surface area (Å²) in [6.45, 7) is 0. The third-order valence-electron chi connectivity index (χ3n) is 2.70. The van der Waals surface area contributed by atoms with Gasteiger partial charge in [0.2, 0.25) is 0 Å². The van der Waals surface area contributed by atoms with Crippen molar-refractivity contribution in [2.45, 2.75) is 4.90 Å². The van der Waals surface area contributed by atoms with Gasteiger partial charge in [-0.05, 0) is 24.3 Å². The molecule has 0 aliphatic heterocycles. The molecule has 5 heteroatoms. The second kappa shape index (κ2) is 4.34. The Morgan fingerprint density at radius 1 is 1.22 bits per heavy atom. The van der Waals surface area contributed by atoms with Crippen molar-refractivity contribution in [2.75, 3.05) is 6.26 Å². The number of rotatable bonds is 2. The molecular formula is C13H11N3OS. The van der Waals surface area contributed by atoms with E-state index in [1.807, 2.05) is 36.4 Å². The van der Waals surface area contributed by atoms with Gasteiger partial charge in [0.1, 0.15) is 5.82 Å². The molecule has 0 bridgehead atoms. The largest absolute Gasteiger partial charge is 0.337 e. The van der Waals surface area contributed by atoms with Crippen LogP contribution in [-0.2, 0) is 10.8 Å². The van der Waals surface area contributed by atoms with E-state index in [1.54, 1.807) is 12.5 Å². The number of H-pyrrole nitrogens is 1. The Balaban J connectivity index is 2.13. The van der Waals surface area contributed by atoms with E-state index in [0.29, 0.717) is 5.65 Å². The second-order valence-corrected chi connectivity index (χ2v) is 5.32. The molecule has 3 rings (SSSR count). The molecule has 0 amide bonds. The van der Waals surface area contributed by atoms with Gasteiger partial charge in [-0.2, -0.15) is 0 Å². The molecule has 0 aliphatic rings. The van der Waals surface area contributed by atoms with E-state index < -0.39 is 10.8 Å². The number of nitrogens with one attached hydrogen (secondary N) is 1. The van der Waals surface area contributed by atoms with Crippen LogP contribution in [0.3, 0.4) is 0 Å². The Hall–Kier alpha value is -2.01. The minimum absolute atomic E-state index is 0.690. The van der Waals surface area contributed by atoms with Crippen LogP contribution in [0.25, 0.3) is 22.6 Å². The van der Waals surface area contributed by atoms with Crippen LogP contribution in [0, 0.1) is 0 Å². The molecule has 0 radical (unpaired) electrons. The summed E-state index contributed by atoms with van der Waals surface area (Å²) < 4.78 is 11.5. The number of imidazole rings is 1. The fourth-order valence-corrected chi connectivity index (χ4v) is 2.37. The minimum Gasteiger partial charge on any atom is -0.337 e. The zero-order valence-electron chi connectivity index (χ0n) is 9.75. The Bertz CT molecular complexity index is 703. The first-order valence-electron chi connectivity index (χ1n) is 5.48. The highest BCUT2D eigenvalue weighted by atomic mass is 32.2. The van der Waals surface area contributed by atoms with Crippen molar-refractivity contribution in [3.63, 3.8) is 0 Å². The van der Waals surface area contributed by atoms with Gasteiger partial charge in [0.05, 0.1) is 5.52 Å². The molecule has 0 spiro atoms. The van der Waals surface area contributed by atoms with Crippen LogP contribution >= 0.6 is 0 Å². The average molecular weight is 257 g/mol. The van der Waals surface area contributed by atoms with Crippen molar-refractivity contribution in [2.24, 2.45) is 0 Å². The number of benzene rings is 1. The van der Waals surface area contributed by atoms with Gasteiger partial charge in [-0.25, -0.2) is 9.97 Å². The van der Waals surface area contributed by atoms with Crippen molar-refractivity contribution >= 4 is 22.0 Å². The predicted octanol–water partition coefficient (Wildman–Crippen LogP) is 2.36. The lowest BCUT2D eigenvalue weighted by atomic mass is 10.2. The van der Waals surface area contributed by atoms with Crippen LogP contribution in [-0.4, -0.2) is 25.4 Å². The fraction of sp³-hybridized carbons (Fsp3) is 0.0769. The third kappa shape index (κ3) is 1.93. The lowest BCUT2D eigenvalue weighted by Crippen LogP contribution is -1.88. The van der Waals surface area contributed by atoms with Gasteiger partial charge in [-0.15, -0.1) is 0 Å². The predicted molar refractivity (Wildman–Crippen MR) is 71.7 cm³/mol. The number of hydrogen-bond acceptors (Lipinski definition) is 3. The Morgan fingerprint density at radius 2 is 2.11 bits per heavy atom. The van der Waals surface area contributed by atoms with E-state index in [4.69, 9.17) is 0 Å². The molecule has 2 aromatic heterocycles. The van der Waals surface area contributed by atoms with E-state index in [0.717, 1.165) is 21.8 Å². The number of fused-ring (bicyclic) bond motifs is 1. The summed E-state index contributed by atoms with van der Waals surface area (Å²) in [5.41, 5.74) is 2.51. The number of hydrogen-bond donors (Lipinski definition) is 1. The van der Waals surface area contributed by atoms with Gasteiger partial charge in [-0.1, -0.05) is 12.1 Å². The monoisotopic (exact) mass is 257 g/mol. The van der Waals surface area contributed by atoms with Gasteiger partial charge in [-0.3, -0.25) is 4.21 Å². The van der Waals surface area contributed by atoms with Crippen LogP contribution < -0.4 is 0 Å². The first kappa shape index (κ1) is 11.1. The zero-order valence-corrected chi connectivity index (χ0v) is 10.6. The topological polar surface area (TPSA) is 58.6 Å². The highest BCUT2D eigenvalue weighted by Crippen LogP contribution is 2.21. The summed E-state index contributed by atoms with van der Waals surface area (Å²) in [5, 5.41) is 0. The van der Waals surface area contributed by atoms with Gasteiger partial charge < -0.3 is 4.98 Å². The molecule has 1 N–H and O–H groups in total. The Labute approximate surface area is 107 Å². The summed E-state index contributed by atoms with van der Waals surface area (Å²) in [5.74, 6) is 0.746. The Morgan fingerprint density at radius 3 is 2.89 bits per heavy atom. The summed E-state index contributed by atoms with van der Waals surface area (Å²) in [4.78, 5) is 12.6. The maximum absolute atomic E-state index is 11.5.